The number of nitrogens with zero attached hydrogens (tertiary/aromatic N) is 1. The summed E-state index contributed by atoms with van der Waals surface area (Å²) < 4.78 is 0. The molecule has 1 aromatic carbocycles. The van der Waals surface area contributed by atoms with E-state index in [4.69, 9.17) is 0 Å². The highest BCUT2D eigenvalue weighted by Crippen LogP contribution is 2.21. The van der Waals surface area contributed by atoms with E-state index in [2.05, 4.69) is 37.3 Å². The van der Waals surface area contributed by atoms with Gasteiger partial charge in [-0.15, -0.1) is 0 Å². The Morgan fingerprint density at radius 2 is 2.00 bits per heavy atom. The summed E-state index contributed by atoms with van der Waals surface area (Å²) in [7, 11) is 0. The summed E-state index contributed by atoms with van der Waals surface area (Å²) in [6.45, 7) is 13.4. The van der Waals surface area contributed by atoms with Gasteiger partial charge >= 0.3 is 0 Å². The first-order chi connectivity index (χ1) is 6.81. The molecule has 1 heteroatoms. The number of hydrogen-bond donors (Lipinski definition) is 0. The lowest BCUT2D eigenvalue weighted by Gasteiger charge is -2.02. The number of benzene rings is 1. The Balaban J connectivity index is 0.000000791. The van der Waals surface area contributed by atoms with Gasteiger partial charge in [-0.3, -0.25) is 4.99 Å². The maximum atomic E-state index is 3.90. The molecule has 0 aromatic heterocycles. The molecule has 0 saturated heterocycles. The average molecular weight is 189 g/mol. The Morgan fingerprint density at radius 3 is 2.43 bits per heavy atom. The lowest BCUT2D eigenvalue weighted by Crippen LogP contribution is -1.81. The minimum atomic E-state index is 0.905. The minimum absolute atomic E-state index is 0.905. The quantitative estimate of drug-likeness (QED) is 0.630. The van der Waals surface area contributed by atoms with Crippen molar-refractivity contribution in [2.45, 2.75) is 27.2 Å². The molecule has 0 bridgehead atoms. The standard InChI is InChI=1S/C11H13N.C2H6/c1-4-9-6-7-11(12-3)10(5-2)8-9;1-2/h5-8H,2-4H2,1H3;1-2H3. The van der Waals surface area contributed by atoms with Crippen LogP contribution < -0.4 is 0 Å². The predicted molar refractivity (Wildman–Crippen MR) is 66.5 cm³/mol. The molecule has 0 spiro atoms. The van der Waals surface area contributed by atoms with Crippen LogP contribution in [0.2, 0.25) is 0 Å². The second-order valence-corrected chi connectivity index (χ2v) is 2.61. The Morgan fingerprint density at radius 1 is 1.36 bits per heavy atom. The minimum Gasteiger partial charge on any atom is -0.264 e. The van der Waals surface area contributed by atoms with Crippen LogP contribution in [0.25, 0.3) is 6.08 Å². The number of aryl methyl sites for hydroxylation is 1. The molecule has 0 atom stereocenters. The zero-order valence-electron chi connectivity index (χ0n) is 9.38. The normalized spacial score (nSPS) is 8.50. The van der Waals surface area contributed by atoms with Gasteiger partial charge in [-0.25, -0.2) is 0 Å². The third-order valence-corrected chi connectivity index (χ3v) is 1.89. The molecule has 0 N–H and O–H groups in total. The van der Waals surface area contributed by atoms with Crippen molar-refractivity contribution in [1.29, 1.82) is 0 Å². The molecule has 0 unspecified atom stereocenters. The van der Waals surface area contributed by atoms with Crippen LogP contribution in [0.4, 0.5) is 5.69 Å². The molecular weight excluding hydrogens is 170 g/mol. The van der Waals surface area contributed by atoms with Crippen LogP contribution in [0.1, 0.15) is 31.9 Å². The topological polar surface area (TPSA) is 12.4 Å². The molecule has 14 heavy (non-hydrogen) atoms. The fourth-order valence-electron chi connectivity index (χ4n) is 1.13. The highest BCUT2D eigenvalue weighted by molar-refractivity contribution is 5.65. The molecule has 0 fully saturated rings. The first kappa shape index (κ1) is 12.6. The summed E-state index contributed by atoms with van der Waals surface area (Å²) in [5.41, 5.74) is 3.27. The molecular formula is C13H19N. The predicted octanol–water partition coefficient (Wildman–Crippen LogP) is 4.25. The van der Waals surface area contributed by atoms with E-state index in [1.165, 1.54) is 5.56 Å². The van der Waals surface area contributed by atoms with Crippen LogP contribution in [0.15, 0.2) is 29.8 Å². The molecule has 0 amide bonds. The van der Waals surface area contributed by atoms with Crippen LogP contribution in [0.5, 0.6) is 0 Å². The van der Waals surface area contributed by atoms with Gasteiger partial charge in [0, 0.05) is 0 Å². The van der Waals surface area contributed by atoms with Gasteiger partial charge in [0.2, 0.25) is 0 Å². The smallest absolute Gasteiger partial charge is 0.0694 e. The molecule has 76 valence electrons. The first-order valence-electron chi connectivity index (χ1n) is 5.04. The van der Waals surface area contributed by atoms with E-state index in [-0.39, 0.29) is 0 Å². The van der Waals surface area contributed by atoms with Crippen molar-refractivity contribution in [3.05, 3.63) is 35.9 Å². The second kappa shape index (κ2) is 7.07. The van der Waals surface area contributed by atoms with Crippen molar-refractivity contribution in [3.8, 4) is 0 Å². The van der Waals surface area contributed by atoms with Crippen LogP contribution >= 0.6 is 0 Å². The summed E-state index contributed by atoms with van der Waals surface area (Å²) in [6, 6.07) is 6.14. The van der Waals surface area contributed by atoms with Gasteiger partial charge in [0.1, 0.15) is 0 Å². The van der Waals surface area contributed by atoms with Gasteiger partial charge < -0.3 is 0 Å². The molecule has 0 aliphatic carbocycles. The fourth-order valence-corrected chi connectivity index (χ4v) is 1.13. The molecule has 0 heterocycles. The Hall–Kier alpha value is -1.37. The van der Waals surface area contributed by atoms with Gasteiger partial charge in [0.05, 0.1) is 5.69 Å². The SMILES string of the molecule is C=Cc1cc(CC)ccc1N=C.CC. The van der Waals surface area contributed by atoms with E-state index in [0.29, 0.717) is 0 Å². The maximum Gasteiger partial charge on any atom is 0.0694 e. The van der Waals surface area contributed by atoms with E-state index in [9.17, 15) is 0 Å². The van der Waals surface area contributed by atoms with Crippen molar-refractivity contribution in [2.75, 3.05) is 0 Å². The average Bonchev–Trinajstić information content (AvgIpc) is 2.30. The highest BCUT2D eigenvalue weighted by Gasteiger charge is 1.96. The number of rotatable bonds is 3. The van der Waals surface area contributed by atoms with E-state index in [1.54, 1.807) is 0 Å². The molecule has 1 nitrogen and oxygen atoms in total. The van der Waals surface area contributed by atoms with Crippen LogP contribution in [0.3, 0.4) is 0 Å². The third kappa shape index (κ3) is 3.17. The number of hydrogen-bond acceptors (Lipinski definition) is 1. The molecule has 1 aromatic rings. The monoisotopic (exact) mass is 189 g/mol. The molecule has 0 radical (unpaired) electrons. The second-order valence-electron chi connectivity index (χ2n) is 2.61. The van der Waals surface area contributed by atoms with Crippen molar-refractivity contribution >= 4 is 18.5 Å². The van der Waals surface area contributed by atoms with Gasteiger partial charge in [-0.2, -0.15) is 0 Å². The summed E-state index contributed by atoms with van der Waals surface area (Å²) in [6.07, 6.45) is 2.85. The Kier molecular flexibility index (Phi) is 6.38. The maximum absolute atomic E-state index is 3.90. The molecule has 0 aliphatic heterocycles. The van der Waals surface area contributed by atoms with Gasteiger partial charge in [0.15, 0.2) is 0 Å². The van der Waals surface area contributed by atoms with E-state index in [0.717, 1.165) is 17.7 Å². The van der Waals surface area contributed by atoms with E-state index < -0.39 is 0 Å². The van der Waals surface area contributed by atoms with Crippen LogP contribution in [-0.2, 0) is 6.42 Å². The lowest BCUT2D eigenvalue weighted by molar-refractivity contribution is 1.14. The zero-order valence-corrected chi connectivity index (χ0v) is 9.38. The summed E-state index contributed by atoms with van der Waals surface area (Å²) in [5.74, 6) is 0. The number of aliphatic imine (C=N–C) groups is 1. The Labute approximate surface area is 87.2 Å². The fraction of sp³-hybridized carbons (Fsp3) is 0.308. The van der Waals surface area contributed by atoms with E-state index >= 15 is 0 Å². The largest absolute Gasteiger partial charge is 0.264 e. The van der Waals surface area contributed by atoms with Crippen LogP contribution in [-0.4, -0.2) is 6.72 Å². The van der Waals surface area contributed by atoms with Crippen molar-refractivity contribution < 1.29 is 0 Å². The molecule has 1 rings (SSSR count). The summed E-state index contributed by atoms with van der Waals surface area (Å²) in [4.78, 5) is 3.90. The van der Waals surface area contributed by atoms with Crippen molar-refractivity contribution in [3.63, 3.8) is 0 Å². The third-order valence-electron chi connectivity index (χ3n) is 1.89. The highest BCUT2D eigenvalue weighted by atomic mass is 14.7. The first-order valence-corrected chi connectivity index (χ1v) is 5.04. The summed E-state index contributed by atoms with van der Waals surface area (Å²) in [5, 5.41) is 0. The lowest BCUT2D eigenvalue weighted by atomic mass is 10.1. The Bertz CT molecular complexity index is 300. The summed E-state index contributed by atoms with van der Waals surface area (Å²) >= 11 is 0. The van der Waals surface area contributed by atoms with E-state index in [1.807, 2.05) is 26.0 Å². The zero-order chi connectivity index (χ0) is 11.0. The molecule has 0 aliphatic rings. The van der Waals surface area contributed by atoms with Gasteiger partial charge in [-0.1, -0.05) is 39.5 Å². The van der Waals surface area contributed by atoms with Gasteiger partial charge in [-0.05, 0) is 36.4 Å². The molecule has 0 saturated carbocycles. The van der Waals surface area contributed by atoms with Crippen LogP contribution in [0, 0.1) is 0 Å². The van der Waals surface area contributed by atoms with Crippen molar-refractivity contribution in [1.82, 2.24) is 0 Å². The van der Waals surface area contributed by atoms with Crippen molar-refractivity contribution in [2.24, 2.45) is 4.99 Å². The van der Waals surface area contributed by atoms with Gasteiger partial charge in [0.25, 0.3) is 0 Å².